The summed E-state index contributed by atoms with van der Waals surface area (Å²) in [4.78, 5) is 14.9. The second kappa shape index (κ2) is 5.80. The normalized spacial score (nSPS) is 35.2. The largest absolute Gasteiger partial charge is 0.373 e. The average Bonchev–Trinajstić information content (AvgIpc) is 2.38. The van der Waals surface area contributed by atoms with Crippen LogP contribution in [0.5, 0.6) is 0 Å². The number of hydrogen-bond acceptors (Lipinski definition) is 3. The first-order chi connectivity index (χ1) is 8.95. The molecule has 4 heteroatoms. The summed E-state index contributed by atoms with van der Waals surface area (Å²) in [5.41, 5.74) is 5.81. The van der Waals surface area contributed by atoms with Gasteiger partial charge in [0.05, 0.1) is 18.8 Å². The maximum absolute atomic E-state index is 12.9. The fourth-order valence-corrected chi connectivity index (χ4v) is 3.42. The first-order valence-electron chi connectivity index (χ1n) is 7.58. The topological polar surface area (TPSA) is 55.6 Å². The molecule has 1 aliphatic carbocycles. The van der Waals surface area contributed by atoms with Crippen LogP contribution in [0.2, 0.25) is 0 Å². The molecule has 2 aliphatic rings. The van der Waals surface area contributed by atoms with Crippen LogP contribution in [0.1, 0.15) is 46.5 Å². The van der Waals surface area contributed by atoms with E-state index in [9.17, 15) is 4.79 Å². The molecule has 1 aliphatic heterocycles. The lowest BCUT2D eigenvalue weighted by Gasteiger charge is -2.44. The molecule has 1 heterocycles. The molecule has 2 rings (SSSR count). The predicted octanol–water partition coefficient (Wildman–Crippen LogP) is 1.78. The molecule has 0 spiro atoms. The Morgan fingerprint density at radius 1 is 1.42 bits per heavy atom. The van der Waals surface area contributed by atoms with Gasteiger partial charge in [-0.25, -0.2) is 0 Å². The average molecular weight is 268 g/mol. The van der Waals surface area contributed by atoms with Crippen molar-refractivity contribution in [1.82, 2.24) is 4.90 Å². The number of nitrogens with zero attached hydrogens (tertiary/aromatic N) is 1. The third kappa shape index (κ3) is 3.11. The highest BCUT2D eigenvalue weighted by atomic mass is 16.5. The Kier molecular flexibility index (Phi) is 4.51. The minimum Gasteiger partial charge on any atom is -0.373 e. The minimum atomic E-state index is 0.00635. The molecule has 1 saturated heterocycles. The standard InChI is InChI=1S/C15H28N2O2/c1-11-10-19-12(8-16)9-17(11)14(18)13-6-4-5-7-15(13,2)3/h11-13H,4-10,16H2,1-3H3. The Hall–Kier alpha value is -0.610. The summed E-state index contributed by atoms with van der Waals surface area (Å²) in [5, 5.41) is 0. The summed E-state index contributed by atoms with van der Waals surface area (Å²) in [5.74, 6) is 0.485. The minimum absolute atomic E-state index is 0.00635. The third-order valence-electron chi connectivity index (χ3n) is 4.86. The van der Waals surface area contributed by atoms with Crippen molar-refractivity contribution in [3.05, 3.63) is 0 Å². The summed E-state index contributed by atoms with van der Waals surface area (Å²) in [6.07, 6.45) is 4.62. The summed E-state index contributed by atoms with van der Waals surface area (Å²) in [6.45, 7) is 8.30. The van der Waals surface area contributed by atoms with Gasteiger partial charge in [-0.05, 0) is 25.2 Å². The van der Waals surface area contributed by atoms with Crippen LogP contribution in [0.4, 0.5) is 0 Å². The van der Waals surface area contributed by atoms with Gasteiger partial charge in [0.2, 0.25) is 5.91 Å². The molecule has 1 amide bonds. The summed E-state index contributed by atoms with van der Waals surface area (Å²) < 4.78 is 5.64. The fraction of sp³-hybridized carbons (Fsp3) is 0.933. The molecule has 3 unspecified atom stereocenters. The van der Waals surface area contributed by atoms with E-state index in [0.29, 0.717) is 25.6 Å². The summed E-state index contributed by atoms with van der Waals surface area (Å²) in [7, 11) is 0. The number of hydrogen-bond donors (Lipinski definition) is 1. The Morgan fingerprint density at radius 3 is 2.79 bits per heavy atom. The Balaban J connectivity index is 2.08. The van der Waals surface area contributed by atoms with E-state index in [-0.39, 0.29) is 23.5 Å². The predicted molar refractivity (Wildman–Crippen MR) is 75.7 cm³/mol. The number of ether oxygens (including phenoxy) is 1. The van der Waals surface area contributed by atoms with Gasteiger partial charge in [-0.15, -0.1) is 0 Å². The van der Waals surface area contributed by atoms with Gasteiger partial charge in [0.15, 0.2) is 0 Å². The highest BCUT2D eigenvalue weighted by molar-refractivity contribution is 5.80. The molecule has 1 saturated carbocycles. The van der Waals surface area contributed by atoms with Gasteiger partial charge in [-0.3, -0.25) is 4.79 Å². The van der Waals surface area contributed by atoms with Crippen LogP contribution in [0.15, 0.2) is 0 Å². The van der Waals surface area contributed by atoms with Gasteiger partial charge in [0, 0.05) is 19.0 Å². The van der Waals surface area contributed by atoms with Crippen LogP contribution in [-0.4, -0.2) is 42.6 Å². The molecule has 2 fully saturated rings. The second-order valence-electron chi connectivity index (χ2n) is 6.82. The van der Waals surface area contributed by atoms with Crippen molar-refractivity contribution in [2.75, 3.05) is 19.7 Å². The highest BCUT2D eigenvalue weighted by Gasteiger charge is 2.41. The molecule has 0 aromatic carbocycles. The number of carbonyl (C=O) groups excluding carboxylic acids is 1. The van der Waals surface area contributed by atoms with Gasteiger partial charge in [0.25, 0.3) is 0 Å². The number of morpholine rings is 1. The molecule has 0 aromatic heterocycles. The van der Waals surface area contributed by atoms with Crippen molar-refractivity contribution in [3.63, 3.8) is 0 Å². The zero-order chi connectivity index (χ0) is 14.0. The Bertz CT molecular complexity index is 330. The van der Waals surface area contributed by atoms with Crippen LogP contribution >= 0.6 is 0 Å². The van der Waals surface area contributed by atoms with Crippen molar-refractivity contribution in [2.45, 2.75) is 58.6 Å². The van der Waals surface area contributed by atoms with Crippen LogP contribution in [-0.2, 0) is 9.53 Å². The maximum Gasteiger partial charge on any atom is 0.226 e. The lowest BCUT2D eigenvalue weighted by Crippen LogP contribution is -2.56. The van der Waals surface area contributed by atoms with Gasteiger partial charge in [-0.1, -0.05) is 26.7 Å². The Labute approximate surface area is 116 Å². The lowest BCUT2D eigenvalue weighted by molar-refractivity contribution is -0.153. The van der Waals surface area contributed by atoms with Crippen LogP contribution in [0.3, 0.4) is 0 Å². The number of amides is 1. The summed E-state index contributed by atoms with van der Waals surface area (Å²) >= 11 is 0. The van der Waals surface area contributed by atoms with E-state index in [0.717, 1.165) is 12.8 Å². The van der Waals surface area contributed by atoms with E-state index in [1.807, 2.05) is 4.90 Å². The van der Waals surface area contributed by atoms with Crippen LogP contribution in [0, 0.1) is 11.3 Å². The van der Waals surface area contributed by atoms with Gasteiger partial charge < -0.3 is 15.4 Å². The van der Waals surface area contributed by atoms with Gasteiger partial charge in [0.1, 0.15) is 0 Å². The van der Waals surface area contributed by atoms with E-state index in [1.54, 1.807) is 0 Å². The van der Waals surface area contributed by atoms with E-state index in [4.69, 9.17) is 10.5 Å². The van der Waals surface area contributed by atoms with Crippen LogP contribution < -0.4 is 5.73 Å². The van der Waals surface area contributed by atoms with Crippen LogP contribution in [0.25, 0.3) is 0 Å². The first kappa shape index (κ1) is 14.8. The SMILES string of the molecule is CC1COC(CN)CN1C(=O)C1CCCCC1(C)C. The molecule has 2 N–H and O–H groups in total. The zero-order valence-electron chi connectivity index (χ0n) is 12.5. The second-order valence-corrected chi connectivity index (χ2v) is 6.82. The summed E-state index contributed by atoms with van der Waals surface area (Å²) in [6, 6.07) is 0.174. The van der Waals surface area contributed by atoms with Crippen molar-refractivity contribution in [1.29, 1.82) is 0 Å². The number of carbonyl (C=O) groups is 1. The molecule has 19 heavy (non-hydrogen) atoms. The molecule has 3 atom stereocenters. The monoisotopic (exact) mass is 268 g/mol. The van der Waals surface area contributed by atoms with Gasteiger partial charge >= 0.3 is 0 Å². The van der Waals surface area contributed by atoms with Crippen molar-refractivity contribution in [2.24, 2.45) is 17.1 Å². The maximum atomic E-state index is 12.9. The molecule has 0 aromatic rings. The zero-order valence-corrected chi connectivity index (χ0v) is 12.5. The molecule has 110 valence electrons. The van der Waals surface area contributed by atoms with Crippen molar-refractivity contribution < 1.29 is 9.53 Å². The van der Waals surface area contributed by atoms with Gasteiger partial charge in [-0.2, -0.15) is 0 Å². The number of rotatable bonds is 2. The molecular weight excluding hydrogens is 240 g/mol. The van der Waals surface area contributed by atoms with E-state index in [1.165, 1.54) is 12.8 Å². The van der Waals surface area contributed by atoms with E-state index in [2.05, 4.69) is 20.8 Å². The fourth-order valence-electron chi connectivity index (χ4n) is 3.42. The quantitative estimate of drug-likeness (QED) is 0.830. The van der Waals surface area contributed by atoms with E-state index < -0.39 is 0 Å². The van der Waals surface area contributed by atoms with Crippen molar-refractivity contribution in [3.8, 4) is 0 Å². The number of nitrogens with two attached hydrogens (primary N) is 1. The molecule has 0 radical (unpaired) electrons. The third-order valence-corrected chi connectivity index (χ3v) is 4.86. The van der Waals surface area contributed by atoms with Crippen molar-refractivity contribution >= 4 is 5.91 Å². The Morgan fingerprint density at radius 2 is 2.16 bits per heavy atom. The highest BCUT2D eigenvalue weighted by Crippen LogP contribution is 2.41. The lowest BCUT2D eigenvalue weighted by atomic mass is 9.68. The molecular formula is C15H28N2O2. The van der Waals surface area contributed by atoms with E-state index >= 15 is 0 Å². The first-order valence-corrected chi connectivity index (χ1v) is 7.58. The molecule has 0 bridgehead atoms. The molecule has 4 nitrogen and oxygen atoms in total. The smallest absolute Gasteiger partial charge is 0.226 e.